The van der Waals surface area contributed by atoms with Gasteiger partial charge in [0, 0.05) is 22.3 Å². The number of hydrogen-bond donors (Lipinski definition) is 1. The number of fused-ring (bicyclic) bond motifs is 6. The molecule has 0 aliphatic heterocycles. The van der Waals surface area contributed by atoms with E-state index < -0.39 is 54.7 Å². The number of esters is 2. The third-order valence-electron chi connectivity index (χ3n) is 7.37. The van der Waals surface area contributed by atoms with E-state index in [9.17, 15) is 26.4 Å². The van der Waals surface area contributed by atoms with Crippen LogP contribution >= 0.6 is 0 Å². The van der Waals surface area contributed by atoms with Crippen LogP contribution in [0.5, 0.6) is 0 Å². The molecule has 4 aromatic rings. The quantitative estimate of drug-likeness (QED) is 0.205. The molecule has 15 heteroatoms. The van der Waals surface area contributed by atoms with Gasteiger partial charge in [0.15, 0.2) is 12.2 Å². The Bertz CT molecular complexity index is 1860. The molecular formula is C30H19F4NO8S2. The second-order valence-electron chi connectivity index (χ2n) is 10.0. The summed E-state index contributed by atoms with van der Waals surface area (Å²) >= 11 is 0. The second kappa shape index (κ2) is 10.5. The molecule has 1 N–H and O–H groups in total. The van der Waals surface area contributed by atoms with Crippen molar-refractivity contribution in [1.29, 1.82) is 0 Å². The van der Waals surface area contributed by atoms with E-state index in [2.05, 4.69) is 0 Å². The Morgan fingerprint density at radius 3 is 1.02 bits per heavy atom. The Labute approximate surface area is 253 Å². The van der Waals surface area contributed by atoms with Gasteiger partial charge in [-0.3, -0.25) is 0 Å². The van der Waals surface area contributed by atoms with E-state index in [4.69, 9.17) is 9.47 Å². The predicted molar refractivity (Wildman–Crippen MR) is 150 cm³/mol. The summed E-state index contributed by atoms with van der Waals surface area (Å²) in [5, 5.41) is -11.4. The molecule has 0 saturated heterocycles. The van der Waals surface area contributed by atoms with Crippen molar-refractivity contribution in [1.82, 2.24) is 4.13 Å². The van der Waals surface area contributed by atoms with Gasteiger partial charge in [-0.2, -0.15) is 17.6 Å². The monoisotopic (exact) mass is 661 g/mol. The first-order valence-corrected chi connectivity index (χ1v) is 16.0. The van der Waals surface area contributed by atoms with Crippen molar-refractivity contribution in [3.05, 3.63) is 119 Å². The molecule has 9 nitrogen and oxygen atoms in total. The Balaban J connectivity index is 1.23. The number of hydrogen-bond acceptors (Lipinski definition) is 8. The van der Waals surface area contributed by atoms with Crippen molar-refractivity contribution >= 4 is 32.0 Å². The van der Waals surface area contributed by atoms with E-state index in [-0.39, 0.29) is 26.4 Å². The highest BCUT2D eigenvalue weighted by atomic mass is 32.3. The molecule has 0 unspecified atom stereocenters. The maximum Gasteiger partial charge on any atom is 0.455 e. The highest BCUT2D eigenvalue weighted by Crippen LogP contribution is 2.47. The lowest BCUT2D eigenvalue weighted by molar-refractivity contribution is -0.165. The number of nitrogens with one attached hydrogen (secondary N) is 1. The molecule has 45 heavy (non-hydrogen) atoms. The van der Waals surface area contributed by atoms with E-state index in [0.29, 0.717) is 22.3 Å². The molecular weight excluding hydrogens is 642 g/mol. The van der Waals surface area contributed by atoms with Gasteiger partial charge in [0.1, 0.15) is 0 Å². The zero-order chi connectivity index (χ0) is 32.4. The zero-order valence-corrected chi connectivity index (χ0v) is 24.1. The van der Waals surface area contributed by atoms with Gasteiger partial charge in [-0.15, -0.1) is 0 Å². The fourth-order valence-electron chi connectivity index (χ4n) is 5.29. The summed E-state index contributed by atoms with van der Waals surface area (Å²) in [6.45, 7) is 0. The lowest BCUT2D eigenvalue weighted by Gasteiger charge is -2.23. The number of carbonyl (C=O) groups excluding carboxylic acids is 2. The first-order chi connectivity index (χ1) is 21.2. The summed E-state index contributed by atoms with van der Waals surface area (Å²) in [7, 11) is -13.6. The van der Waals surface area contributed by atoms with Gasteiger partial charge in [-0.25, -0.2) is 26.4 Å². The van der Waals surface area contributed by atoms with E-state index >= 15 is 17.6 Å². The van der Waals surface area contributed by atoms with Crippen LogP contribution in [0.25, 0.3) is 22.3 Å². The van der Waals surface area contributed by atoms with Crippen LogP contribution in [0.1, 0.15) is 34.5 Å². The Kier molecular flexibility index (Phi) is 7.10. The smallest absolute Gasteiger partial charge is 0.447 e. The predicted octanol–water partition coefficient (Wildman–Crippen LogP) is 5.05. The third kappa shape index (κ3) is 4.78. The van der Waals surface area contributed by atoms with Crippen molar-refractivity contribution in [2.75, 3.05) is 0 Å². The summed E-state index contributed by atoms with van der Waals surface area (Å²) in [4.78, 5) is 25.1. The lowest BCUT2D eigenvalue weighted by atomic mass is 10.1. The molecule has 2 aliphatic carbocycles. The van der Waals surface area contributed by atoms with Gasteiger partial charge in [0.25, 0.3) is 0 Å². The molecule has 0 radical (unpaired) electrons. The molecule has 6 rings (SSSR count). The van der Waals surface area contributed by atoms with Crippen molar-refractivity contribution in [2.45, 2.75) is 22.7 Å². The van der Waals surface area contributed by atoms with Crippen molar-refractivity contribution in [3.63, 3.8) is 0 Å². The molecule has 0 spiro atoms. The van der Waals surface area contributed by atoms with E-state index in [0.717, 1.165) is 0 Å². The molecule has 0 atom stereocenters. The lowest BCUT2D eigenvalue weighted by Crippen LogP contribution is -2.54. The van der Waals surface area contributed by atoms with Gasteiger partial charge in [0.05, 0.1) is 0 Å². The van der Waals surface area contributed by atoms with Crippen LogP contribution in [0.3, 0.4) is 0 Å². The normalized spacial score (nSPS) is 14.7. The van der Waals surface area contributed by atoms with Crippen LogP contribution in [-0.4, -0.2) is 39.3 Å². The molecule has 0 bridgehead atoms. The standard InChI is InChI=1S/C30H19F4NO8S2/c31-29(32,27(36)42-25-21-13-5-1-9-17(21)18-10-2-6-14-22(18)25)44(38,39)35-45(40,41)30(33,34)28(37)43-26-23-15-7-3-11-19(23)20-12-4-8-16-24(20)26/h1-16,25-26,35H. The number of benzene rings is 4. The van der Waals surface area contributed by atoms with Crippen molar-refractivity contribution in [3.8, 4) is 22.3 Å². The number of sulfonamides is 2. The van der Waals surface area contributed by atoms with Gasteiger partial charge >= 0.3 is 42.5 Å². The summed E-state index contributed by atoms with van der Waals surface area (Å²) in [6.07, 6.45) is -3.03. The first kappa shape index (κ1) is 30.4. The average molecular weight is 662 g/mol. The fourth-order valence-corrected chi connectivity index (χ4v) is 7.82. The van der Waals surface area contributed by atoms with Gasteiger partial charge < -0.3 is 9.47 Å². The Hall–Kier alpha value is -4.60. The Morgan fingerprint density at radius 2 is 0.756 bits per heavy atom. The maximum atomic E-state index is 15.0. The minimum atomic E-state index is -6.79. The first-order valence-electron chi connectivity index (χ1n) is 13.0. The summed E-state index contributed by atoms with van der Waals surface area (Å²) in [6, 6.07) is 24.7. The van der Waals surface area contributed by atoms with Crippen molar-refractivity contribution in [2.24, 2.45) is 0 Å². The summed E-state index contributed by atoms with van der Waals surface area (Å²) in [5.41, 5.74) is 2.92. The number of alkyl halides is 4. The molecule has 0 saturated carbocycles. The van der Waals surface area contributed by atoms with Gasteiger partial charge in [-0.05, 0) is 22.3 Å². The SMILES string of the molecule is O=C(OC1c2ccccc2-c2ccccc21)C(F)(F)S(=O)(=O)NS(=O)(=O)C(F)(F)C(=O)OC1c2ccccc2-c2ccccc21. The molecule has 0 fully saturated rings. The largest absolute Gasteiger partial charge is 0.455 e. The van der Waals surface area contributed by atoms with Crippen LogP contribution in [-0.2, 0) is 39.1 Å². The van der Waals surface area contributed by atoms with E-state index in [1.807, 2.05) is 0 Å². The Morgan fingerprint density at radius 1 is 0.511 bits per heavy atom. The minimum Gasteiger partial charge on any atom is -0.447 e. The van der Waals surface area contributed by atoms with Crippen LogP contribution in [0, 0.1) is 0 Å². The molecule has 4 aromatic carbocycles. The van der Waals surface area contributed by atoms with E-state index in [1.54, 1.807) is 48.5 Å². The fraction of sp³-hybridized carbons (Fsp3) is 0.133. The molecule has 0 heterocycles. The maximum absolute atomic E-state index is 15.0. The highest BCUT2D eigenvalue weighted by Gasteiger charge is 2.63. The highest BCUT2D eigenvalue weighted by molar-refractivity contribution is 8.06. The van der Waals surface area contributed by atoms with Crippen LogP contribution < -0.4 is 4.13 Å². The van der Waals surface area contributed by atoms with Crippen LogP contribution in [0.15, 0.2) is 97.1 Å². The number of halogens is 4. The third-order valence-corrected chi connectivity index (χ3v) is 10.8. The van der Waals surface area contributed by atoms with Gasteiger partial charge in [-0.1, -0.05) is 101 Å². The second-order valence-corrected chi connectivity index (χ2v) is 13.7. The summed E-state index contributed by atoms with van der Waals surface area (Å²) in [5.74, 6) is -5.49. The van der Waals surface area contributed by atoms with Crippen molar-refractivity contribution < 1.29 is 53.5 Å². The number of carbonyl (C=O) groups is 2. The van der Waals surface area contributed by atoms with Gasteiger partial charge in [0.2, 0.25) is 0 Å². The zero-order valence-electron chi connectivity index (χ0n) is 22.5. The number of ether oxygens (including phenoxy) is 2. The molecule has 0 amide bonds. The molecule has 232 valence electrons. The van der Waals surface area contributed by atoms with Crippen LogP contribution in [0.2, 0.25) is 0 Å². The number of rotatable bonds is 8. The molecule has 2 aliphatic rings. The topological polar surface area (TPSA) is 133 Å². The average Bonchev–Trinajstić information content (AvgIpc) is 3.49. The molecule has 0 aromatic heterocycles. The van der Waals surface area contributed by atoms with Crippen LogP contribution in [0.4, 0.5) is 17.6 Å². The summed E-state index contributed by atoms with van der Waals surface area (Å²) < 4.78 is 120. The van der Waals surface area contributed by atoms with E-state index in [1.165, 1.54) is 48.5 Å². The minimum absolute atomic E-state index is 0.144.